The minimum absolute atomic E-state index is 0.142. The molecule has 2 aromatic carbocycles. The molecule has 0 radical (unpaired) electrons. The second-order valence-corrected chi connectivity index (χ2v) is 8.47. The van der Waals surface area contributed by atoms with Crippen LogP contribution in [-0.4, -0.2) is 50.1 Å². The van der Waals surface area contributed by atoms with Crippen LogP contribution in [0.5, 0.6) is 5.75 Å². The van der Waals surface area contributed by atoms with Crippen molar-refractivity contribution in [2.45, 2.75) is 32.0 Å². The summed E-state index contributed by atoms with van der Waals surface area (Å²) < 4.78 is 9.38. The average molecular weight is 445 g/mol. The highest BCUT2D eigenvalue weighted by molar-refractivity contribution is 5.80. The zero-order valence-electron chi connectivity index (χ0n) is 18.5. The molecular weight excluding hydrogens is 416 g/mol. The van der Waals surface area contributed by atoms with Crippen molar-refractivity contribution >= 4 is 10.9 Å². The maximum Gasteiger partial charge on any atom is 0.258 e. The van der Waals surface area contributed by atoms with Gasteiger partial charge in [-0.05, 0) is 49.2 Å². The first-order valence-electron chi connectivity index (χ1n) is 11.4. The number of rotatable bonds is 8. The standard InChI is InChI=1S/C26H28N4O3/c31-18-23-7-4-11-28(23)13-14-30-25-9-8-22(15-21(25)17-27-30)29-12-10-24(16-26(29)32)33-19-20-5-2-1-3-6-20/h1-3,5-6,8-10,12,15-17,23,31H,4,7,11,13-14,18-19H2. The van der Waals surface area contributed by atoms with E-state index in [2.05, 4.69) is 10.00 Å². The fraction of sp³-hybridized carbons (Fsp3) is 0.308. The number of ether oxygens (including phenoxy) is 1. The van der Waals surface area contributed by atoms with Gasteiger partial charge in [0.25, 0.3) is 5.56 Å². The van der Waals surface area contributed by atoms with E-state index >= 15 is 0 Å². The SMILES string of the molecule is O=c1cc(OCc2ccccc2)ccn1-c1ccc2c(cnn2CCN2CCCC2CO)c1. The third-order valence-corrected chi connectivity index (χ3v) is 6.35. The minimum Gasteiger partial charge on any atom is -0.489 e. The predicted molar refractivity (Wildman–Crippen MR) is 128 cm³/mol. The number of aliphatic hydroxyl groups excluding tert-OH is 1. The van der Waals surface area contributed by atoms with Gasteiger partial charge in [0.05, 0.1) is 24.9 Å². The van der Waals surface area contributed by atoms with Gasteiger partial charge in [0, 0.05) is 35.9 Å². The molecule has 3 heterocycles. The van der Waals surface area contributed by atoms with Gasteiger partial charge >= 0.3 is 0 Å². The van der Waals surface area contributed by atoms with Crippen LogP contribution in [0.1, 0.15) is 18.4 Å². The second kappa shape index (κ2) is 9.60. The summed E-state index contributed by atoms with van der Waals surface area (Å²) in [5, 5.41) is 15.1. The van der Waals surface area contributed by atoms with E-state index in [1.54, 1.807) is 10.8 Å². The second-order valence-electron chi connectivity index (χ2n) is 8.47. The Morgan fingerprint density at radius 2 is 1.94 bits per heavy atom. The largest absolute Gasteiger partial charge is 0.489 e. The van der Waals surface area contributed by atoms with Gasteiger partial charge in [-0.2, -0.15) is 5.10 Å². The van der Waals surface area contributed by atoms with Crippen LogP contribution >= 0.6 is 0 Å². The highest BCUT2D eigenvalue weighted by Gasteiger charge is 2.23. The highest BCUT2D eigenvalue weighted by Crippen LogP contribution is 2.20. The van der Waals surface area contributed by atoms with Crippen molar-refractivity contribution in [1.29, 1.82) is 0 Å². The van der Waals surface area contributed by atoms with E-state index in [1.807, 2.05) is 65.5 Å². The first-order valence-corrected chi connectivity index (χ1v) is 11.4. The van der Waals surface area contributed by atoms with Gasteiger partial charge in [-0.25, -0.2) is 0 Å². The lowest BCUT2D eigenvalue weighted by molar-refractivity contribution is 0.154. The Bertz CT molecular complexity index is 1280. The quantitative estimate of drug-likeness (QED) is 0.452. The molecule has 1 saturated heterocycles. The van der Waals surface area contributed by atoms with Gasteiger partial charge < -0.3 is 9.84 Å². The van der Waals surface area contributed by atoms with Crippen LogP contribution in [0.2, 0.25) is 0 Å². The smallest absolute Gasteiger partial charge is 0.258 e. The Hall–Kier alpha value is -3.42. The van der Waals surface area contributed by atoms with Crippen LogP contribution in [0, 0.1) is 0 Å². The Balaban J connectivity index is 1.29. The maximum absolute atomic E-state index is 12.7. The van der Waals surface area contributed by atoms with Crippen LogP contribution in [0.25, 0.3) is 16.6 Å². The van der Waals surface area contributed by atoms with Crippen LogP contribution < -0.4 is 10.3 Å². The number of aliphatic hydroxyl groups is 1. The molecule has 1 aliphatic rings. The molecule has 0 bridgehead atoms. The van der Waals surface area contributed by atoms with Crippen LogP contribution in [0.4, 0.5) is 0 Å². The molecule has 1 atom stereocenters. The topological polar surface area (TPSA) is 72.5 Å². The summed E-state index contributed by atoms with van der Waals surface area (Å²) in [5.74, 6) is 0.553. The molecule has 1 unspecified atom stereocenters. The molecule has 1 N–H and O–H groups in total. The van der Waals surface area contributed by atoms with E-state index in [0.717, 1.165) is 54.6 Å². The lowest BCUT2D eigenvalue weighted by Gasteiger charge is -2.22. The van der Waals surface area contributed by atoms with E-state index in [9.17, 15) is 9.90 Å². The fourth-order valence-electron chi connectivity index (χ4n) is 4.53. The third-order valence-electron chi connectivity index (χ3n) is 6.35. The molecule has 1 aliphatic heterocycles. The van der Waals surface area contributed by atoms with Gasteiger partial charge in [-0.3, -0.25) is 18.9 Å². The predicted octanol–water partition coefficient (Wildman–Crippen LogP) is 3.22. The Morgan fingerprint density at radius 1 is 1.06 bits per heavy atom. The van der Waals surface area contributed by atoms with Gasteiger partial charge in [0.2, 0.25) is 0 Å². The minimum atomic E-state index is -0.142. The molecule has 33 heavy (non-hydrogen) atoms. The molecule has 2 aromatic heterocycles. The maximum atomic E-state index is 12.7. The molecule has 0 saturated carbocycles. The van der Waals surface area contributed by atoms with E-state index in [4.69, 9.17) is 4.74 Å². The average Bonchev–Trinajstić information content (AvgIpc) is 3.48. The molecule has 1 fully saturated rings. The first kappa shape index (κ1) is 21.4. The molecule has 5 rings (SSSR count). The Labute approximate surface area is 192 Å². The van der Waals surface area contributed by atoms with Crippen molar-refractivity contribution in [2.24, 2.45) is 0 Å². The van der Waals surface area contributed by atoms with Crippen molar-refractivity contribution in [2.75, 3.05) is 19.7 Å². The number of fused-ring (bicyclic) bond motifs is 1. The third kappa shape index (κ3) is 4.69. The number of hydrogen-bond acceptors (Lipinski definition) is 5. The van der Waals surface area contributed by atoms with Gasteiger partial charge in [-0.1, -0.05) is 30.3 Å². The number of likely N-dealkylation sites (tertiary alicyclic amines) is 1. The summed E-state index contributed by atoms with van der Waals surface area (Å²) in [5.41, 5.74) is 2.74. The summed E-state index contributed by atoms with van der Waals surface area (Å²) in [4.78, 5) is 15.1. The summed E-state index contributed by atoms with van der Waals surface area (Å²) in [6, 6.07) is 19.4. The highest BCUT2D eigenvalue weighted by atomic mass is 16.5. The monoisotopic (exact) mass is 444 g/mol. The summed E-state index contributed by atoms with van der Waals surface area (Å²) in [6.45, 7) is 3.31. The van der Waals surface area contributed by atoms with E-state index < -0.39 is 0 Å². The zero-order valence-corrected chi connectivity index (χ0v) is 18.5. The van der Waals surface area contributed by atoms with Crippen molar-refractivity contribution in [1.82, 2.24) is 19.2 Å². The lowest BCUT2D eigenvalue weighted by Crippen LogP contribution is -2.34. The summed E-state index contributed by atoms with van der Waals surface area (Å²) in [7, 11) is 0. The van der Waals surface area contributed by atoms with Gasteiger partial charge in [0.15, 0.2) is 0 Å². The Kier molecular flexibility index (Phi) is 6.24. The zero-order chi connectivity index (χ0) is 22.6. The lowest BCUT2D eigenvalue weighted by atomic mass is 10.2. The van der Waals surface area contributed by atoms with Crippen LogP contribution in [-0.2, 0) is 13.2 Å². The molecular formula is C26H28N4O3. The molecule has 7 nitrogen and oxygen atoms in total. The van der Waals surface area contributed by atoms with Gasteiger partial charge in [0.1, 0.15) is 12.4 Å². The molecule has 4 aromatic rings. The van der Waals surface area contributed by atoms with Crippen LogP contribution in [0.3, 0.4) is 0 Å². The number of hydrogen-bond donors (Lipinski definition) is 1. The van der Waals surface area contributed by atoms with Crippen molar-refractivity contribution < 1.29 is 9.84 Å². The fourth-order valence-corrected chi connectivity index (χ4v) is 4.53. The Morgan fingerprint density at radius 3 is 2.76 bits per heavy atom. The summed E-state index contributed by atoms with van der Waals surface area (Å²) >= 11 is 0. The number of aromatic nitrogens is 3. The van der Waals surface area contributed by atoms with Crippen molar-refractivity contribution in [3.8, 4) is 11.4 Å². The number of pyridine rings is 1. The molecule has 0 aliphatic carbocycles. The normalized spacial score (nSPS) is 16.5. The van der Waals surface area contributed by atoms with Crippen molar-refractivity contribution in [3.05, 3.63) is 89.0 Å². The summed E-state index contributed by atoms with van der Waals surface area (Å²) in [6.07, 6.45) is 5.79. The van der Waals surface area contributed by atoms with E-state index in [1.165, 1.54) is 6.07 Å². The molecule has 0 amide bonds. The van der Waals surface area contributed by atoms with E-state index in [-0.39, 0.29) is 18.2 Å². The van der Waals surface area contributed by atoms with Crippen LogP contribution in [0.15, 0.2) is 77.9 Å². The first-order chi connectivity index (χ1) is 16.2. The molecule has 170 valence electrons. The van der Waals surface area contributed by atoms with E-state index in [0.29, 0.717) is 12.4 Å². The van der Waals surface area contributed by atoms with Gasteiger partial charge in [-0.15, -0.1) is 0 Å². The van der Waals surface area contributed by atoms with Crippen molar-refractivity contribution in [3.63, 3.8) is 0 Å². The number of nitrogens with zero attached hydrogens (tertiary/aromatic N) is 4. The molecule has 7 heteroatoms. The molecule has 0 spiro atoms. The number of benzene rings is 2.